The fraction of sp³-hybridized carbons (Fsp3) is 0.880. The van der Waals surface area contributed by atoms with Gasteiger partial charge in [0.2, 0.25) is 23.5 Å². The van der Waals surface area contributed by atoms with E-state index in [2.05, 4.69) is 29.8 Å². The first kappa shape index (κ1) is 26.3. The Morgan fingerprint density at radius 2 is 1.74 bits per heavy atom. The molecule has 5 rings (SSSR count). The number of hydrogen-bond donors (Lipinski definition) is 3. The second kappa shape index (κ2) is 10.3. The lowest BCUT2D eigenvalue weighted by Gasteiger charge is -2.60. The molecule has 5 aliphatic rings. The van der Waals surface area contributed by atoms with Gasteiger partial charge < -0.3 is 25.4 Å². The van der Waals surface area contributed by atoms with Gasteiger partial charge in [-0.25, -0.2) is 9.78 Å². The van der Waals surface area contributed by atoms with E-state index in [1.807, 2.05) is 6.92 Å². The lowest BCUT2D eigenvalue weighted by molar-refractivity contribution is -0.571. The Morgan fingerprint density at radius 3 is 2.46 bits per heavy atom. The molecule has 1 spiro atoms. The normalized spacial score (nSPS) is 40.7. The quantitative estimate of drug-likeness (QED) is 0.439. The molecule has 10 heteroatoms. The fourth-order valence-electron chi connectivity index (χ4n) is 6.69. The predicted molar refractivity (Wildman–Crippen MR) is 125 cm³/mol. The summed E-state index contributed by atoms with van der Waals surface area (Å²) in [7, 11) is 3.06. The minimum absolute atomic E-state index is 0.154. The molecule has 4 aliphatic heterocycles. The van der Waals surface area contributed by atoms with Gasteiger partial charge in [-0.15, -0.1) is 0 Å². The number of fused-ring (bicyclic) bond motifs is 2. The molecule has 1 aliphatic carbocycles. The Hall–Kier alpha value is -1.75. The van der Waals surface area contributed by atoms with E-state index in [9.17, 15) is 14.4 Å². The standard InChI is InChI=1S/C25H41N3O7/c1-14-6-7-17-15(2)19(32-23-25(17)16(14)12-13-24(3,33-23)34-35-25)9-11-21(30)28-18(22(31)27-5)8-10-20(29)26-4/h14-19,23H,6-13H2,1-5H3,(H,26,29)(H,27,31)(H,28,30)/t14-,15-,16+,17+,18+,19-,23-,24+,25-/m1/s1. The molecule has 3 N–H and O–H groups in total. The molecule has 35 heavy (non-hydrogen) atoms. The largest absolute Gasteiger partial charge is 0.359 e. The Kier molecular flexibility index (Phi) is 7.76. The van der Waals surface area contributed by atoms with Crippen LogP contribution in [0.4, 0.5) is 0 Å². The molecule has 3 amide bonds. The van der Waals surface area contributed by atoms with Crippen molar-refractivity contribution in [3.8, 4) is 0 Å². The summed E-state index contributed by atoms with van der Waals surface area (Å²) >= 11 is 0. The Balaban J connectivity index is 1.41. The van der Waals surface area contributed by atoms with E-state index in [0.29, 0.717) is 18.3 Å². The topological polar surface area (TPSA) is 124 Å². The molecule has 9 atom stereocenters. The lowest BCUT2D eigenvalue weighted by Crippen LogP contribution is -2.70. The molecular formula is C25H41N3O7. The van der Waals surface area contributed by atoms with Gasteiger partial charge in [0, 0.05) is 39.3 Å². The van der Waals surface area contributed by atoms with Crippen LogP contribution in [0.3, 0.4) is 0 Å². The highest BCUT2D eigenvalue weighted by molar-refractivity contribution is 5.88. The third-order valence-electron chi connectivity index (χ3n) is 8.79. The zero-order chi connectivity index (χ0) is 25.4. The summed E-state index contributed by atoms with van der Waals surface area (Å²) in [5, 5.41) is 7.88. The second-order valence-corrected chi connectivity index (χ2v) is 10.9. The van der Waals surface area contributed by atoms with Crippen LogP contribution in [-0.4, -0.2) is 61.6 Å². The molecule has 0 aromatic rings. The van der Waals surface area contributed by atoms with E-state index < -0.39 is 23.7 Å². The van der Waals surface area contributed by atoms with Crippen LogP contribution in [0.5, 0.6) is 0 Å². The smallest absolute Gasteiger partial charge is 0.242 e. The van der Waals surface area contributed by atoms with Gasteiger partial charge in [0.1, 0.15) is 6.04 Å². The number of carbonyl (C=O) groups excluding carboxylic acids is 3. The predicted octanol–water partition coefficient (Wildman–Crippen LogP) is 1.77. The molecule has 10 nitrogen and oxygen atoms in total. The Bertz CT molecular complexity index is 825. The number of hydrogen-bond acceptors (Lipinski definition) is 7. The summed E-state index contributed by atoms with van der Waals surface area (Å²) in [5.74, 6) is -0.392. The van der Waals surface area contributed by atoms with Crippen LogP contribution >= 0.6 is 0 Å². The molecule has 0 aromatic carbocycles. The highest BCUT2D eigenvalue weighted by Crippen LogP contribution is 2.60. The number of ether oxygens (including phenoxy) is 2. The molecule has 0 unspecified atom stereocenters. The molecule has 0 aromatic heterocycles. The van der Waals surface area contributed by atoms with Gasteiger partial charge in [0.05, 0.1) is 6.10 Å². The number of rotatable bonds is 8. The van der Waals surface area contributed by atoms with Gasteiger partial charge in [0.15, 0.2) is 11.9 Å². The van der Waals surface area contributed by atoms with Crippen LogP contribution in [0.15, 0.2) is 0 Å². The first-order chi connectivity index (χ1) is 16.6. The number of carbonyl (C=O) groups is 3. The number of likely N-dealkylation sites (N-methyl/N-ethyl adjacent to an activating group) is 1. The first-order valence-electron chi connectivity index (χ1n) is 13.0. The highest BCUT2D eigenvalue weighted by atomic mass is 17.3. The van der Waals surface area contributed by atoms with Crippen molar-refractivity contribution in [3.63, 3.8) is 0 Å². The van der Waals surface area contributed by atoms with Crippen molar-refractivity contribution in [3.05, 3.63) is 0 Å². The van der Waals surface area contributed by atoms with E-state index in [1.54, 1.807) is 7.05 Å². The van der Waals surface area contributed by atoms with Gasteiger partial charge in [-0.3, -0.25) is 14.4 Å². The van der Waals surface area contributed by atoms with Gasteiger partial charge in [-0.2, -0.15) is 0 Å². The first-order valence-corrected chi connectivity index (χ1v) is 13.0. The Labute approximate surface area is 207 Å². The van der Waals surface area contributed by atoms with Crippen molar-refractivity contribution >= 4 is 17.7 Å². The maximum Gasteiger partial charge on any atom is 0.242 e. The molecular weight excluding hydrogens is 454 g/mol. The van der Waals surface area contributed by atoms with Crippen LogP contribution in [-0.2, 0) is 33.6 Å². The molecule has 1 saturated carbocycles. The summed E-state index contributed by atoms with van der Waals surface area (Å²) in [6.07, 6.45) is 4.26. The zero-order valence-electron chi connectivity index (χ0n) is 21.6. The monoisotopic (exact) mass is 495 g/mol. The summed E-state index contributed by atoms with van der Waals surface area (Å²) in [5.41, 5.74) is -0.615. The number of nitrogens with one attached hydrogen (secondary N) is 3. The van der Waals surface area contributed by atoms with Crippen molar-refractivity contribution in [1.29, 1.82) is 0 Å². The maximum absolute atomic E-state index is 12.8. The second-order valence-electron chi connectivity index (χ2n) is 10.9. The van der Waals surface area contributed by atoms with Crippen molar-refractivity contribution in [2.24, 2.45) is 23.7 Å². The average Bonchev–Trinajstić information content (AvgIpc) is 3.08. The van der Waals surface area contributed by atoms with Crippen LogP contribution in [0.1, 0.15) is 72.1 Å². The lowest BCUT2D eigenvalue weighted by atomic mass is 9.57. The summed E-state index contributed by atoms with van der Waals surface area (Å²) < 4.78 is 12.9. The zero-order valence-corrected chi connectivity index (χ0v) is 21.6. The van der Waals surface area contributed by atoms with Crippen LogP contribution < -0.4 is 16.0 Å². The van der Waals surface area contributed by atoms with Crippen LogP contribution in [0.2, 0.25) is 0 Å². The summed E-state index contributed by atoms with van der Waals surface area (Å²) in [6, 6.07) is -0.759. The van der Waals surface area contributed by atoms with Crippen LogP contribution in [0, 0.1) is 23.7 Å². The molecule has 0 radical (unpaired) electrons. The molecule has 4 saturated heterocycles. The van der Waals surface area contributed by atoms with E-state index in [-0.39, 0.29) is 54.9 Å². The summed E-state index contributed by atoms with van der Waals surface area (Å²) in [4.78, 5) is 48.6. The third-order valence-corrected chi connectivity index (χ3v) is 8.79. The Morgan fingerprint density at radius 1 is 0.971 bits per heavy atom. The fourth-order valence-corrected chi connectivity index (χ4v) is 6.69. The van der Waals surface area contributed by atoms with Crippen LogP contribution in [0.25, 0.3) is 0 Å². The van der Waals surface area contributed by atoms with Crippen molar-refractivity contribution in [2.75, 3.05) is 14.1 Å². The summed E-state index contributed by atoms with van der Waals surface area (Å²) in [6.45, 7) is 6.35. The SMILES string of the molecule is CNC(=O)CC[C@H](NC(=O)CC[C@H]1O[C@@H]2O[C@]3(C)CC[C@H]4[C@H](C)CC[C@@H]([C@H]1C)[C@@]24OO3)C(=O)NC. The maximum atomic E-state index is 12.8. The van der Waals surface area contributed by atoms with E-state index in [4.69, 9.17) is 19.2 Å². The molecule has 2 bridgehead atoms. The molecule has 4 heterocycles. The van der Waals surface area contributed by atoms with Gasteiger partial charge in [-0.05, 0) is 56.8 Å². The van der Waals surface area contributed by atoms with Gasteiger partial charge >= 0.3 is 0 Å². The third kappa shape index (κ3) is 4.95. The average molecular weight is 496 g/mol. The van der Waals surface area contributed by atoms with E-state index >= 15 is 0 Å². The minimum atomic E-state index is -0.828. The minimum Gasteiger partial charge on any atom is -0.359 e. The van der Waals surface area contributed by atoms with Crippen molar-refractivity contribution in [2.45, 2.75) is 102 Å². The van der Waals surface area contributed by atoms with E-state index in [0.717, 1.165) is 25.7 Å². The van der Waals surface area contributed by atoms with E-state index in [1.165, 1.54) is 7.05 Å². The van der Waals surface area contributed by atoms with Crippen molar-refractivity contribution in [1.82, 2.24) is 16.0 Å². The molecule has 198 valence electrons. The number of amides is 3. The van der Waals surface area contributed by atoms with Crippen molar-refractivity contribution < 1.29 is 33.6 Å². The van der Waals surface area contributed by atoms with Gasteiger partial charge in [-0.1, -0.05) is 13.8 Å². The van der Waals surface area contributed by atoms with Gasteiger partial charge in [0.25, 0.3) is 0 Å². The highest BCUT2D eigenvalue weighted by Gasteiger charge is 2.69. The molecule has 5 fully saturated rings.